The molecule has 0 radical (unpaired) electrons. The Morgan fingerprint density at radius 1 is 0.976 bits per heavy atom. The molecule has 0 N–H and O–H groups in total. The Hall–Kier alpha value is -1.79. The van der Waals surface area contributed by atoms with E-state index >= 15 is 0 Å². The van der Waals surface area contributed by atoms with Gasteiger partial charge in [0, 0.05) is 48.9 Å². The number of alkyl halides is 2. The molecular formula is C30H38Cl2INO7. The summed E-state index contributed by atoms with van der Waals surface area (Å²) in [6, 6.07) is 11.9. The number of esters is 2. The van der Waals surface area contributed by atoms with E-state index in [1.165, 1.54) is 13.8 Å². The summed E-state index contributed by atoms with van der Waals surface area (Å²) < 4.78 is 28.8. The Morgan fingerprint density at radius 3 is 2.17 bits per heavy atom. The SMILES string of the molecule is CC(=O)O[C@H](CCl)COc1c(Cl)cc(C(C)(C)c2ccc(OC[C@@H](CN3CCOCC3)OC(C)=O)cc2)cc1CI. The standard InChI is InChI=1S/C30H38Cl2INO7/c1-20(35)40-26(15-31)18-39-29-22(16-33)13-24(14-28(29)32)30(3,4)23-5-7-25(8-6-23)38-19-27(41-21(2)36)17-34-9-11-37-12-10-34/h5-8,13-14,26-27H,9-12,15-19H2,1-4H3/t26-,27-/m1/s1. The molecule has 0 aromatic heterocycles. The Kier molecular flexibility index (Phi) is 13.3. The maximum atomic E-state index is 11.6. The first-order valence-corrected chi connectivity index (χ1v) is 15.9. The molecule has 1 heterocycles. The first-order chi connectivity index (χ1) is 19.5. The fourth-order valence-corrected chi connectivity index (χ4v) is 5.56. The molecule has 1 saturated heterocycles. The smallest absolute Gasteiger partial charge is 0.303 e. The zero-order chi connectivity index (χ0) is 30.0. The molecule has 0 amide bonds. The molecule has 0 unspecified atom stereocenters. The van der Waals surface area contributed by atoms with Gasteiger partial charge in [-0.3, -0.25) is 14.5 Å². The fourth-order valence-electron chi connectivity index (χ4n) is 4.55. The van der Waals surface area contributed by atoms with E-state index in [-0.39, 0.29) is 36.6 Å². The molecule has 11 heteroatoms. The van der Waals surface area contributed by atoms with E-state index in [9.17, 15) is 9.59 Å². The van der Waals surface area contributed by atoms with Crippen LogP contribution >= 0.6 is 45.8 Å². The number of carbonyl (C=O) groups excluding carboxylic acids is 2. The lowest BCUT2D eigenvalue weighted by Crippen LogP contribution is -2.43. The number of benzene rings is 2. The van der Waals surface area contributed by atoms with E-state index in [1.54, 1.807) is 0 Å². The van der Waals surface area contributed by atoms with Gasteiger partial charge in [0.1, 0.15) is 36.9 Å². The summed E-state index contributed by atoms with van der Waals surface area (Å²) in [6.45, 7) is 11.0. The van der Waals surface area contributed by atoms with Crippen LogP contribution < -0.4 is 9.47 Å². The van der Waals surface area contributed by atoms with E-state index in [1.807, 2.05) is 30.3 Å². The number of rotatable bonds is 14. The van der Waals surface area contributed by atoms with Gasteiger partial charge in [-0.25, -0.2) is 0 Å². The minimum atomic E-state index is -0.562. The quantitative estimate of drug-likeness (QED) is 0.138. The lowest BCUT2D eigenvalue weighted by Gasteiger charge is -2.30. The molecule has 0 bridgehead atoms. The first kappa shape index (κ1) is 33.7. The normalized spacial score (nSPS) is 15.6. The molecule has 0 aliphatic carbocycles. The van der Waals surface area contributed by atoms with Crippen LogP contribution in [0.3, 0.4) is 0 Å². The lowest BCUT2D eigenvalue weighted by atomic mass is 9.77. The number of hydrogen-bond acceptors (Lipinski definition) is 8. The largest absolute Gasteiger partial charge is 0.490 e. The molecule has 2 atom stereocenters. The van der Waals surface area contributed by atoms with Crippen LogP contribution in [0.1, 0.15) is 44.4 Å². The van der Waals surface area contributed by atoms with Gasteiger partial charge in [0.15, 0.2) is 0 Å². The highest BCUT2D eigenvalue weighted by Gasteiger charge is 2.27. The van der Waals surface area contributed by atoms with Crippen LogP contribution in [0.15, 0.2) is 36.4 Å². The highest BCUT2D eigenvalue weighted by molar-refractivity contribution is 14.1. The summed E-state index contributed by atoms with van der Waals surface area (Å²) >= 11 is 14.9. The maximum absolute atomic E-state index is 11.6. The van der Waals surface area contributed by atoms with E-state index in [4.69, 9.17) is 46.9 Å². The minimum absolute atomic E-state index is 0.113. The van der Waals surface area contributed by atoms with Crippen LogP contribution in [0.25, 0.3) is 0 Å². The second-order valence-corrected chi connectivity index (χ2v) is 11.9. The van der Waals surface area contributed by atoms with E-state index in [0.29, 0.717) is 40.7 Å². The average molecular weight is 722 g/mol. The predicted molar refractivity (Wildman–Crippen MR) is 168 cm³/mol. The van der Waals surface area contributed by atoms with Gasteiger partial charge in [0.2, 0.25) is 0 Å². The molecule has 0 saturated carbocycles. The predicted octanol–water partition coefficient (Wildman–Crippen LogP) is 5.79. The third kappa shape index (κ3) is 10.2. The van der Waals surface area contributed by atoms with Crippen LogP contribution in [0.2, 0.25) is 5.02 Å². The average Bonchev–Trinajstić information content (AvgIpc) is 2.94. The monoisotopic (exact) mass is 721 g/mol. The van der Waals surface area contributed by atoms with Crippen molar-refractivity contribution in [3.8, 4) is 11.5 Å². The van der Waals surface area contributed by atoms with Gasteiger partial charge in [-0.15, -0.1) is 11.6 Å². The summed E-state index contributed by atoms with van der Waals surface area (Å²) in [6.07, 6.45) is -0.933. The molecule has 1 fully saturated rings. The number of morpholine rings is 1. The van der Waals surface area contributed by atoms with Crippen LogP contribution in [0.5, 0.6) is 11.5 Å². The highest BCUT2D eigenvalue weighted by Crippen LogP contribution is 2.39. The zero-order valence-corrected chi connectivity index (χ0v) is 27.6. The molecule has 1 aliphatic heterocycles. The number of hydrogen-bond donors (Lipinski definition) is 0. The molecule has 2 aromatic rings. The van der Waals surface area contributed by atoms with Crippen molar-refractivity contribution >= 4 is 57.7 Å². The molecule has 0 spiro atoms. The van der Waals surface area contributed by atoms with Crippen LogP contribution in [-0.4, -0.2) is 81.0 Å². The third-order valence-electron chi connectivity index (χ3n) is 6.81. The first-order valence-electron chi connectivity index (χ1n) is 13.5. The summed E-state index contributed by atoms with van der Waals surface area (Å²) in [7, 11) is 0. The molecule has 41 heavy (non-hydrogen) atoms. The number of halogens is 3. The van der Waals surface area contributed by atoms with Gasteiger partial charge in [-0.05, 0) is 29.3 Å². The second-order valence-electron chi connectivity index (χ2n) is 10.4. The van der Waals surface area contributed by atoms with Crippen LogP contribution in [0.4, 0.5) is 0 Å². The Bertz CT molecular complexity index is 1160. The van der Waals surface area contributed by atoms with Crippen molar-refractivity contribution in [2.24, 2.45) is 0 Å². The number of nitrogens with zero attached hydrogens (tertiary/aromatic N) is 1. The van der Waals surface area contributed by atoms with Gasteiger partial charge >= 0.3 is 11.9 Å². The summed E-state index contributed by atoms with van der Waals surface area (Å²) in [5, 5.41) is 0.482. The lowest BCUT2D eigenvalue weighted by molar-refractivity contribution is -0.149. The minimum Gasteiger partial charge on any atom is -0.490 e. The van der Waals surface area contributed by atoms with E-state index in [0.717, 1.165) is 29.8 Å². The van der Waals surface area contributed by atoms with Gasteiger partial charge in [0.05, 0.1) is 24.1 Å². The highest BCUT2D eigenvalue weighted by atomic mass is 127. The summed E-state index contributed by atoms with van der Waals surface area (Å²) in [5.41, 5.74) is 2.68. The Morgan fingerprint density at radius 2 is 1.59 bits per heavy atom. The topological polar surface area (TPSA) is 83.5 Å². The van der Waals surface area contributed by atoms with Crippen molar-refractivity contribution in [1.82, 2.24) is 4.90 Å². The number of ether oxygens (including phenoxy) is 5. The summed E-state index contributed by atoms with van der Waals surface area (Å²) in [4.78, 5) is 25.2. The van der Waals surface area contributed by atoms with Gasteiger partial charge in [-0.2, -0.15) is 0 Å². The molecule has 8 nitrogen and oxygen atoms in total. The number of carbonyl (C=O) groups is 2. The molecular weight excluding hydrogens is 684 g/mol. The van der Waals surface area contributed by atoms with E-state index in [2.05, 4.69) is 47.4 Å². The van der Waals surface area contributed by atoms with Crippen molar-refractivity contribution in [1.29, 1.82) is 0 Å². The van der Waals surface area contributed by atoms with Crippen molar-refractivity contribution in [2.75, 3.05) is 51.9 Å². The van der Waals surface area contributed by atoms with Crippen LogP contribution in [-0.2, 0) is 33.6 Å². The van der Waals surface area contributed by atoms with Crippen molar-refractivity contribution in [3.05, 3.63) is 58.1 Å². The van der Waals surface area contributed by atoms with E-state index < -0.39 is 12.1 Å². The maximum Gasteiger partial charge on any atom is 0.303 e. The van der Waals surface area contributed by atoms with Crippen LogP contribution in [0, 0.1) is 0 Å². The molecule has 1 aliphatic rings. The summed E-state index contributed by atoms with van der Waals surface area (Å²) in [5.74, 6) is 0.643. The van der Waals surface area contributed by atoms with Gasteiger partial charge in [0.25, 0.3) is 0 Å². The van der Waals surface area contributed by atoms with Crippen molar-refractivity contribution < 1.29 is 33.3 Å². The van der Waals surface area contributed by atoms with Gasteiger partial charge in [-0.1, -0.05) is 66.2 Å². The second kappa shape index (κ2) is 16.2. The van der Waals surface area contributed by atoms with Gasteiger partial charge < -0.3 is 23.7 Å². The Labute approximate surface area is 266 Å². The Balaban J connectivity index is 1.69. The van der Waals surface area contributed by atoms with Crippen molar-refractivity contribution in [2.45, 2.75) is 49.7 Å². The third-order valence-corrected chi connectivity index (χ3v) is 8.26. The molecule has 2 aromatic carbocycles. The molecule has 3 rings (SSSR count). The zero-order valence-electron chi connectivity index (χ0n) is 23.9. The molecule has 226 valence electrons. The van der Waals surface area contributed by atoms with Crippen molar-refractivity contribution in [3.63, 3.8) is 0 Å². The fraction of sp³-hybridized carbons (Fsp3) is 0.533.